The van der Waals surface area contributed by atoms with Gasteiger partial charge in [0.05, 0.1) is 0 Å². The molecule has 0 saturated heterocycles. The van der Waals surface area contributed by atoms with Crippen LogP contribution in [0.2, 0.25) is 0 Å². The molecule has 1 heterocycles. The van der Waals surface area contributed by atoms with Crippen molar-refractivity contribution >= 4 is 11.9 Å². The molecule has 4 N–H and O–H groups in total. The fraction of sp³-hybridized carbons (Fsp3) is 0.286. The van der Waals surface area contributed by atoms with Crippen molar-refractivity contribution in [1.82, 2.24) is 0 Å². The minimum absolute atomic E-state index is 0.478. The molecule has 0 fully saturated rings. The number of hydrogen-bond acceptors (Lipinski definition) is 4. The van der Waals surface area contributed by atoms with Crippen LogP contribution >= 0.6 is 0 Å². The zero-order valence-electron chi connectivity index (χ0n) is 11.1. The third-order valence-electron chi connectivity index (χ3n) is 2.57. The highest BCUT2D eigenvalue weighted by Crippen LogP contribution is 2.29. The van der Waals surface area contributed by atoms with Gasteiger partial charge in [-0.15, -0.1) is 0 Å². The van der Waals surface area contributed by atoms with Gasteiger partial charge in [0.25, 0.3) is 0 Å². The van der Waals surface area contributed by atoms with Crippen LogP contribution in [0.5, 0.6) is 5.75 Å². The van der Waals surface area contributed by atoms with Crippen molar-refractivity contribution in [3.8, 4) is 5.75 Å². The van der Waals surface area contributed by atoms with Crippen LogP contribution in [-0.4, -0.2) is 27.9 Å². The van der Waals surface area contributed by atoms with Crippen molar-refractivity contribution in [1.29, 1.82) is 0 Å². The molecule has 0 saturated carbocycles. The van der Waals surface area contributed by atoms with Gasteiger partial charge in [0.15, 0.2) is 5.72 Å². The second kappa shape index (κ2) is 6.72. The van der Waals surface area contributed by atoms with E-state index in [4.69, 9.17) is 20.7 Å². The number of carboxylic acids is 2. The molecule has 0 spiro atoms. The summed E-state index contributed by atoms with van der Waals surface area (Å²) in [5.41, 5.74) is 6.66. The van der Waals surface area contributed by atoms with Crippen molar-refractivity contribution in [2.75, 3.05) is 0 Å². The van der Waals surface area contributed by atoms with E-state index in [9.17, 15) is 9.59 Å². The lowest BCUT2D eigenvalue weighted by Crippen LogP contribution is -2.45. The van der Waals surface area contributed by atoms with Crippen molar-refractivity contribution in [3.05, 3.63) is 42.0 Å². The van der Waals surface area contributed by atoms with E-state index in [1.807, 2.05) is 25.1 Å². The number of benzene rings is 1. The van der Waals surface area contributed by atoms with E-state index >= 15 is 0 Å². The summed E-state index contributed by atoms with van der Waals surface area (Å²) in [5.74, 6) is -1.58. The van der Waals surface area contributed by atoms with Crippen LogP contribution in [0.15, 0.2) is 36.4 Å². The SMILES string of the molecule is CC1(N)CCc2ccccc2O1.O=C(O)/C=C\C(=O)O. The van der Waals surface area contributed by atoms with Crippen LogP contribution in [0.3, 0.4) is 0 Å². The highest BCUT2D eigenvalue weighted by molar-refractivity contribution is 5.89. The molecule has 6 nitrogen and oxygen atoms in total. The van der Waals surface area contributed by atoms with Crippen LogP contribution in [0.1, 0.15) is 18.9 Å². The Labute approximate surface area is 116 Å². The molecule has 0 radical (unpaired) electrons. The van der Waals surface area contributed by atoms with E-state index in [2.05, 4.69) is 6.07 Å². The topological polar surface area (TPSA) is 110 Å². The van der Waals surface area contributed by atoms with Gasteiger partial charge in [0.2, 0.25) is 0 Å². The van der Waals surface area contributed by atoms with E-state index in [0.717, 1.165) is 18.6 Å². The lowest BCUT2D eigenvalue weighted by atomic mass is 10.00. The molecule has 1 aromatic rings. The Bertz CT molecular complexity index is 506. The maximum Gasteiger partial charge on any atom is 0.328 e. The van der Waals surface area contributed by atoms with Gasteiger partial charge >= 0.3 is 11.9 Å². The number of carbonyl (C=O) groups is 2. The van der Waals surface area contributed by atoms with Crippen LogP contribution in [0.25, 0.3) is 0 Å². The predicted molar refractivity (Wildman–Crippen MR) is 72.4 cm³/mol. The molecule has 108 valence electrons. The Hall–Kier alpha value is -2.34. The molecule has 0 aromatic heterocycles. The summed E-state index contributed by atoms with van der Waals surface area (Å²) in [6.07, 6.45) is 3.03. The van der Waals surface area contributed by atoms with Gasteiger partial charge in [0.1, 0.15) is 5.75 Å². The molecule has 0 aliphatic carbocycles. The van der Waals surface area contributed by atoms with Gasteiger partial charge in [-0.2, -0.15) is 0 Å². The Kier molecular flexibility index (Phi) is 5.28. The summed E-state index contributed by atoms with van der Waals surface area (Å²) in [5, 5.41) is 15.6. The Morgan fingerprint density at radius 1 is 1.25 bits per heavy atom. The molecule has 1 aliphatic heterocycles. The summed E-state index contributed by atoms with van der Waals surface area (Å²) < 4.78 is 5.60. The van der Waals surface area contributed by atoms with Crippen molar-refractivity contribution in [2.45, 2.75) is 25.5 Å². The minimum atomic E-state index is -1.26. The second-order valence-corrected chi connectivity index (χ2v) is 4.53. The first-order valence-corrected chi connectivity index (χ1v) is 6.00. The molecule has 20 heavy (non-hydrogen) atoms. The normalized spacial score (nSPS) is 20.3. The first-order chi connectivity index (χ1) is 9.30. The van der Waals surface area contributed by atoms with Crippen LogP contribution in [0.4, 0.5) is 0 Å². The summed E-state index contributed by atoms with van der Waals surface area (Å²) in [7, 11) is 0. The highest BCUT2D eigenvalue weighted by atomic mass is 16.5. The van der Waals surface area contributed by atoms with Gasteiger partial charge in [-0.1, -0.05) is 18.2 Å². The molecule has 0 amide bonds. The van der Waals surface area contributed by atoms with Crippen LogP contribution in [0, 0.1) is 0 Å². The van der Waals surface area contributed by atoms with Gasteiger partial charge in [0, 0.05) is 18.6 Å². The maximum atomic E-state index is 9.55. The third-order valence-corrected chi connectivity index (χ3v) is 2.57. The number of ether oxygens (including phenoxy) is 1. The lowest BCUT2D eigenvalue weighted by molar-refractivity contribution is -0.134. The first kappa shape index (κ1) is 15.7. The molecular weight excluding hydrogens is 262 g/mol. The number of aliphatic carboxylic acids is 2. The molecule has 2 rings (SSSR count). The number of fused-ring (bicyclic) bond motifs is 1. The van der Waals surface area contributed by atoms with Crippen molar-refractivity contribution in [3.63, 3.8) is 0 Å². The number of rotatable bonds is 2. The zero-order chi connectivity index (χ0) is 15.2. The Morgan fingerprint density at radius 3 is 2.35 bits per heavy atom. The lowest BCUT2D eigenvalue weighted by Gasteiger charge is -2.31. The molecule has 0 bridgehead atoms. The average Bonchev–Trinajstić information content (AvgIpc) is 2.36. The molecule has 1 atom stereocenters. The van der Waals surface area contributed by atoms with Crippen LogP contribution in [-0.2, 0) is 16.0 Å². The summed E-state index contributed by atoms with van der Waals surface area (Å²) in [4.78, 5) is 19.1. The third kappa shape index (κ3) is 5.53. The number of aryl methyl sites for hydroxylation is 1. The highest BCUT2D eigenvalue weighted by Gasteiger charge is 2.26. The van der Waals surface area contributed by atoms with Crippen molar-refractivity contribution < 1.29 is 24.5 Å². The number of hydrogen-bond donors (Lipinski definition) is 3. The largest absolute Gasteiger partial charge is 0.478 e. The van der Waals surface area contributed by atoms with Crippen LogP contribution < -0.4 is 10.5 Å². The van der Waals surface area contributed by atoms with Gasteiger partial charge in [-0.25, -0.2) is 9.59 Å². The molecular formula is C14H17NO5. The summed E-state index contributed by atoms with van der Waals surface area (Å²) in [6.45, 7) is 1.92. The minimum Gasteiger partial charge on any atom is -0.478 e. The smallest absolute Gasteiger partial charge is 0.328 e. The number of nitrogens with two attached hydrogens (primary N) is 1. The fourth-order valence-corrected chi connectivity index (χ4v) is 1.64. The van der Waals surface area contributed by atoms with E-state index < -0.39 is 17.7 Å². The zero-order valence-corrected chi connectivity index (χ0v) is 11.1. The van der Waals surface area contributed by atoms with E-state index in [1.54, 1.807) is 0 Å². The summed E-state index contributed by atoms with van der Waals surface area (Å²) in [6, 6.07) is 8.06. The maximum absolute atomic E-state index is 9.55. The predicted octanol–water partition coefficient (Wildman–Crippen LogP) is 1.40. The number of carboxylic acid groups (broad SMARTS) is 2. The average molecular weight is 279 g/mol. The van der Waals surface area contributed by atoms with Gasteiger partial charge in [-0.05, 0) is 25.0 Å². The summed E-state index contributed by atoms with van der Waals surface area (Å²) >= 11 is 0. The Balaban J connectivity index is 0.000000221. The second-order valence-electron chi connectivity index (χ2n) is 4.53. The fourth-order valence-electron chi connectivity index (χ4n) is 1.64. The monoisotopic (exact) mass is 279 g/mol. The quantitative estimate of drug-likeness (QED) is 0.706. The molecule has 1 unspecified atom stereocenters. The van der Waals surface area contributed by atoms with E-state index in [1.165, 1.54) is 5.56 Å². The Morgan fingerprint density at radius 2 is 1.80 bits per heavy atom. The van der Waals surface area contributed by atoms with Crippen molar-refractivity contribution in [2.24, 2.45) is 5.73 Å². The van der Waals surface area contributed by atoms with Gasteiger partial charge in [-0.3, -0.25) is 5.73 Å². The molecule has 1 aromatic carbocycles. The molecule has 1 aliphatic rings. The van der Waals surface area contributed by atoms with E-state index in [0.29, 0.717) is 12.2 Å². The van der Waals surface area contributed by atoms with E-state index in [-0.39, 0.29) is 0 Å². The van der Waals surface area contributed by atoms with Gasteiger partial charge < -0.3 is 14.9 Å². The molecule has 6 heteroatoms. The standard InChI is InChI=1S/C10H13NO.C4H4O4/c1-10(11)7-6-8-4-2-3-5-9(8)12-10;5-3(6)1-2-4(7)8/h2-5H,6-7,11H2,1H3;1-2H,(H,5,6)(H,7,8)/b;2-1-. The first-order valence-electron chi connectivity index (χ1n) is 6.00. The number of para-hydroxylation sites is 1.